The first-order valence-corrected chi connectivity index (χ1v) is 8.63. The van der Waals surface area contributed by atoms with Crippen molar-refractivity contribution < 1.29 is 12.8 Å². The molecular formula is C14H15ClFN3O2S. The fourth-order valence-corrected chi connectivity index (χ4v) is 3.12. The SMILES string of the molecule is Cc1cc(CN(c2ccc(Cl)cc2F)S(C)(=O)=O)nc(C)n1. The molecule has 0 fully saturated rings. The summed E-state index contributed by atoms with van der Waals surface area (Å²) in [7, 11) is -3.69. The number of benzene rings is 1. The van der Waals surface area contributed by atoms with E-state index < -0.39 is 15.8 Å². The van der Waals surface area contributed by atoms with Gasteiger partial charge in [-0.15, -0.1) is 0 Å². The second-order valence-corrected chi connectivity index (χ2v) is 7.26. The van der Waals surface area contributed by atoms with E-state index in [2.05, 4.69) is 9.97 Å². The second-order valence-electron chi connectivity index (χ2n) is 4.91. The van der Waals surface area contributed by atoms with Crippen LogP contribution in [-0.4, -0.2) is 24.6 Å². The number of nitrogens with zero attached hydrogens (tertiary/aromatic N) is 3. The van der Waals surface area contributed by atoms with Gasteiger partial charge in [-0.3, -0.25) is 4.31 Å². The van der Waals surface area contributed by atoms with Gasteiger partial charge >= 0.3 is 0 Å². The predicted molar refractivity (Wildman–Crippen MR) is 83.9 cm³/mol. The molecule has 1 aromatic heterocycles. The van der Waals surface area contributed by atoms with Crippen molar-refractivity contribution in [2.24, 2.45) is 0 Å². The van der Waals surface area contributed by atoms with Crippen LogP contribution in [0.2, 0.25) is 5.02 Å². The van der Waals surface area contributed by atoms with Crippen LogP contribution in [-0.2, 0) is 16.6 Å². The molecule has 2 aromatic rings. The Bertz CT molecular complexity index is 791. The lowest BCUT2D eigenvalue weighted by Crippen LogP contribution is -2.30. The van der Waals surface area contributed by atoms with Gasteiger partial charge in [-0.25, -0.2) is 22.8 Å². The van der Waals surface area contributed by atoms with Crippen molar-refractivity contribution in [2.75, 3.05) is 10.6 Å². The monoisotopic (exact) mass is 343 g/mol. The van der Waals surface area contributed by atoms with Crippen molar-refractivity contribution in [1.29, 1.82) is 0 Å². The summed E-state index contributed by atoms with van der Waals surface area (Å²) in [5, 5.41) is 0.198. The van der Waals surface area contributed by atoms with Gasteiger partial charge in [0.25, 0.3) is 0 Å². The van der Waals surface area contributed by atoms with Gasteiger partial charge in [-0.05, 0) is 38.1 Å². The van der Waals surface area contributed by atoms with E-state index in [0.717, 1.165) is 16.6 Å². The summed E-state index contributed by atoms with van der Waals surface area (Å²) in [6, 6.07) is 5.51. The van der Waals surface area contributed by atoms with E-state index in [0.29, 0.717) is 17.2 Å². The Labute approximate surface area is 133 Å². The van der Waals surface area contributed by atoms with Crippen LogP contribution in [0.3, 0.4) is 0 Å². The van der Waals surface area contributed by atoms with Gasteiger partial charge < -0.3 is 0 Å². The summed E-state index contributed by atoms with van der Waals surface area (Å²) in [6.07, 6.45) is 1.02. The van der Waals surface area contributed by atoms with Crippen molar-refractivity contribution in [2.45, 2.75) is 20.4 Å². The van der Waals surface area contributed by atoms with E-state index >= 15 is 0 Å². The molecule has 0 amide bonds. The highest BCUT2D eigenvalue weighted by atomic mass is 35.5. The molecule has 2 rings (SSSR count). The average Bonchev–Trinajstić information content (AvgIpc) is 2.34. The molecule has 0 bridgehead atoms. The number of rotatable bonds is 4. The predicted octanol–water partition coefficient (Wildman–Crippen LogP) is 2.85. The van der Waals surface area contributed by atoms with Crippen LogP contribution < -0.4 is 4.31 Å². The van der Waals surface area contributed by atoms with E-state index in [-0.39, 0.29) is 17.3 Å². The van der Waals surface area contributed by atoms with E-state index in [1.54, 1.807) is 19.9 Å². The van der Waals surface area contributed by atoms with Crippen LogP contribution in [0.5, 0.6) is 0 Å². The van der Waals surface area contributed by atoms with Gasteiger partial charge in [0.05, 0.1) is 24.2 Å². The van der Waals surface area contributed by atoms with Crippen molar-refractivity contribution in [3.05, 3.63) is 52.3 Å². The van der Waals surface area contributed by atoms with Crippen LogP contribution in [0, 0.1) is 19.7 Å². The maximum absolute atomic E-state index is 14.1. The van der Waals surface area contributed by atoms with Crippen molar-refractivity contribution >= 4 is 27.3 Å². The Kier molecular flexibility index (Phi) is 4.67. The third-order valence-corrected chi connectivity index (χ3v) is 4.26. The standard InChI is InChI=1S/C14H15ClFN3O2S/c1-9-6-12(18-10(2)17-9)8-19(22(3,20)21)14-5-4-11(15)7-13(14)16/h4-7H,8H2,1-3H3. The number of anilines is 1. The maximum Gasteiger partial charge on any atom is 0.232 e. The average molecular weight is 344 g/mol. The molecule has 0 spiro atoms. The van der Waals surface area contributed by atoms with E-state index in [4.69, 9.17) is 11.6 Å². The third kappa shape index (κ3) is 3.92. The number of aromatic nitrogens is 2. The zero-order chi connectivity index (χ0) is 16.5. The highest BCUT2D eigenvalue weighted by molar-refractivity contribution is 7.92. The quantitative estimate of drug-likeness (QED) is 0.856. The van der Waals surface area contributed by atoms with Gasteiger partial charge in [0.15, 0.2) is 0 Å². The molecule has 0 saturated carbocycles. The highest BCUT2D eigenvalue weighted by Crippen LogP contribution is 2.26. The number of sulfonamides is 1. The van der Waals surface area contributed by atoms with Crippen LogP contribution in [0.15, 0.2) is 24.3 Å². The van der Waals surface area contributed by atoms with Gasteiger partial charge in [0, 0.05) is 10.7 Å². The fraction of sp³-hybridized carbons (Fsp3) is 0.286. The molecule has 0 saturated heterocycles. The fourth-order valence-electron chi connectivity index (χ4n) is 2.09. The Morgan fingerprint density at radius 2 is 1.91 bits per heavy atom. The molecule has 8 heteroatoms. The first kappa shape index (κ1) is 16.6. The largest absolute Gasteiger partial charge is 0.261 e. The van der Waals surface area contributed by atoms with Crippen molar-refractivity contribution in [3.8, 4) is 0 Å². The Morgan fingerprint density at radius 1 is 1.23 bits per heavy atom. The van der Waals surface area contributed by atoms with E-state index in [1.165, 1.54) is 12.1 Å². The summed E-state index contributed by atoms with van der Waals surface area (Å²) in [6.45, 7) is 3.41. The molecular weight excluding hydrogens is 329 g/mol. The minimum absolute atomic E-state index is 0.0687. The smallest absolute Gasteiger partial charge is 0.232 e. The Hall–Kier alpha value is -1.73. The first-order valence-electron chi connectivity index (χ1n) is 6.41. The first-order chi connectivity index (χ1) is 10.2. The number of aryl methyl sites for hydroxylation is 2. The molecule has 0 aliphatic heterocycles. The van der Waals surface area contributed by atoms with Gasteiger partial charge in [-0.1, -0.05) is 11.6 Å². The number of hydrogen-bond donors (Lipinski definition) is 0. The number of hydrogen-bond acceptors (Lipinski definition) is 4. The van der Waals surface area contributed by atoms with Gasteiger partial charge in [-0.2, -0.15) is 0 Å². The summed E-state index contributed by atoms with van der Waals surface area (Å²) >= 11 is 5.71. The molecule has 1 aromatic carbocycles. The second kappa shape index (κ2) is 6.18. The zero-order valence-corrected chi connectivity index (χ0v) is 13.9. The normalized spacial score (nSPS) is 11.5. The molecule has 0 atom stereocenters. The lowest BCUT2D eigenvalue weighted by molar-refractivity contribution is 0.589. The highest BCUT2D eigenvalue weighted by Gasteiger charge is 2.22. The van der Waals surface area contributed by atoms with Crippen LogP contribution >= 0.6 is 11.6 Å². The van der Waals surface area contributed by atoms with E-state index in [9.17, 15) is 12.8 Å². The lowest BCUT2D eigenvalue weighted by atomic mass is 10.2. The Balaban J connectivity index is 2.48. The van der Waals surface area contributed by atoms with Crippen molar-refractivity contribution in [1.82, 2.24) is 9.97 Å². The minimum Gasteiger partial charge on any atom is -0.261 e. The molecule has 0 unspecified atom stereocenters. The van der Waals surface area contributed by atoms with E-state index in [1.807, 2.05) is 0 Å². The van der Waals surface area contributed by atoms with Crippen LogP contribution in [0.1, 0.15) is 17.2 Å². The maximum atomic E-state index is 14.1. The molecule has 0 aliphatic carbocycles. The molecule has 22 heavy (non-hydrogen) atoms. The molecule has 0 N–H and O–H groups in total. The molecule has 118 valence electrons. The minimum atomic E-state index is -3.69. The van der Waals surface area contributed by atoms with Gasteiger partial charge in [0.2, 0.25) is 10.0 Å². The third-order valence-electron chi connectivity index (χ3n) is 2.90. The van der Waals surface area contributed by atoms with Crippen LogP contribution in [0.4, 0.5) is 10.1 Å². The summed E-state index contributed by atoms with van der Waals surface area (Å²) in [5.41, 5.74) is 1.14. The summed E-state index contributed by atoms with van der Waals surface area (Å²) in [4.78, 5) is 8.33. The van der Waals surface area contributed by atoms with Gasteiger partial charge in [0.1, 0.15) is 11.6 Å². The summed E-state index contributed by atoms with van der Waals surface area (Å²) in [5.74, 6) is -0.180. The number of halogens is 2. The molecule has 0 aliphatic rings. The van der Waals surface area contributed by atoms with Crippen molar-refractivity contribution in [3.63, 3.8) is 0 Å². The lowest BCUT2D eigenvalue weighted by Gasteiger charge is -2.22. The topological polar surface area (TPSA) is 63.2 Å². The Morgan fingerprint density at radius 3 is 2.45 bits per heavy atom. The summed E-state index contributed by atoms with van der Waals surface area (Å²) < 4.78 is 39.1. The molecule has 1 heterocycles. The van der Waals surface area contributed by atoms with Crippen LogP contribution in [0.25, 0.3) is 0 Å². The molecule has 0 radical (unpaired) electrons. The molecule has 5 nitrogen and oxygen atoms in total. The zero-order valence-electron chi connectivity index (χ0n) is 12.3.